The van der Waals surface area contributed by atoms with Crippen molar-refractivity contribution in [1.29, 1.82) is 0 Å². The van der Waals surface area contributed by atoms with Crippen molar-refractivity contribution in [1.82, 2.24) is 0 Å². The van der Waals surface area contributed by atoms with Gasteiger partial charge in [-0.05, 0) is 41.3 Å². The van der Waals surface area contributed by atoms with Crippen LogP contribution in [-0.2, 0) is 20.2 Å². The molecule has 4 aromatic rings. The van der Waals surface area contributed by atoms with Crippen LogP contribution in [0.5, 0.6) is 5.75 Å². The molecule has 0 aliphatic heterocycles. The van der Waals surface area contributed by atoms with Crippen LogP contribution in [0.2, 0.25) is 0 Å². The molecule has 0 heterocycles. The Hall–Kier alpha value is -2.24. The van der Waals surface area contributed by atoms with Crippen LogP contribution < -0.4 is 59.1 Å². The van der Waals surface area contributed by atoms with E-state index in [0.717, 1.165) is 30.3 Å². The van der Waals surface area contributed by atoms with Crippen molar-refractivity contribution in [2.24, 2.45) is 10.2 Å². The van der Waals surface area contributed by atoms with E-state index in [9.17, 15) is 41.2 Å². The first-order valence-electron chi connectivity index (χ1n) is 9.83. The van der Waals surface area contributed by atoms with Crippen molar-refractivity contribution in [2.45, 2.75) is 9.79 Å². The summed E-state index contributed by atoms with van der Waals surface area (Å²) in [6, 6.07) is 14.9. The molecule has 4 rings (SSSR count). The fraction of sp³-hybridized carbons (Fsp3) is 0. The molecule has 0 bridgehead atoms. The number of phenols is 1. The summed E-state index contributed by atoms with van der Waals surface area (Å²) in [4.78, 5) is 8.56. The minimum atomic E-state index is -5.17. The van der Waals surface area contributed by atoms with Gasteiger partial charge in [-0.2, -0.15) is 5.11 Å². The predicted octanol–water partition coefficient (Wildman–Crippen LogP) is -1.65. The molecule has 0 fully saturated rings. The summed E-state index contributed by atoms with van der Waals surface area (Å²) in [5.74, 6) is -0.708. The molecule has 38 heavy (non-hydrogen) atoms. The van der Waals surface area contributed by atoms with Crippen molar-refractivity contribution >= 4 is 48.1 Å². The number of nitro groups is 1. The normalized spacial score (nSPS) is 11.6. The van der Waals surface area contributed by atoms with Gasteiger partial charge in [-0.3, -0.25) is 10.1 Å². The van der Waals surface area contributed by atoms with Gasteiger partial charge in [0.25, 0.3) is 5.69 Å². The summed E-state index contributed by atoms with van der Waals surface area (Å²) >= 11 is 0. The van der Waals surface area contributed by atoms with Gasteiger partial charge in [0.2, 0.25) is 0 Å². The van der Waals surface area contributed by atoms with E-state index in [1.54, 1.807) is 18.2 Å². The molecule has 16 heteroatoms. The minimum absolute atomic E-state index is 0. The Labute approximate surface area is 260 Å². The molecule has 1 N–H and O–H groups in total. The van der Waals surface area contributed by atoms with E-state index in [1.165, 1.54) is 24.3 Å². The van der Waals surface area contributed by atoms with Crippen molar-refractivity contribution < 1.29 is 95.1 Å². The average molecular weight is 573 g/mol. The van der Waals surface area contributed by atoms with E-state index in [0.29, 0.717) is 0 Å². The second-order valence-electron chi connectivity index (χ2n) is 7.39. The summed E-state index contributed by atoms with van der Waals surface area (Å²) in [6.45, 7) is 0. The molecule has 0 saturated carbocycles. The first-order chi connectivity index (χ1) is 16.9. The molecule has 0 amide bonds. The van der Waals surface area contributed by atoms with Gasteiger partial charge >= 0.3 is 59.1 Å². The summed E-state index contributed by atoms with van der Waals surface area (Å²) in [5, 5.41) is 29.3. The number of benzene rings is 4. The van der Waals surface area contributed by atoms with E-state index in [-0.39, 0.29) is 98.1 Å². The number of nitro benzene ring substituents is 1. The number of azo groups is 1. The maximum Gasteiger partial charge on any atom is 1.00 e. The molecule has 4 aromatic carbocycles. The van der Waals surface area contributed by atoms with Gasteiger partial charge in [-0.25, -0.2) is 16.8 Å². The molecule has 0 unspecified atom stereocenters. The molecule has 12 nitrogen and oxygen atoms in total. The van der Waals surface area contributed by atoms with Crippen LogP contribution in [0.3, 0.4) is 0 Å². The van der Waals surface area contributed by atoms with Crippen LogP contribution in [0.1, 0.15) is 0 Å². The average Bonchev–Trinajstić information content (AvgIpc) is 2.81. The van der Waals surface area contributed by atoms with Crippen LogP contribution >= 0.6 is 0 Å². The summed E-state index contributed by atoms with van der Waals surface area (Å²) in [7, 11) is -10.2. The fourth-order valence-corrected chi connectivity index (χ4v) is 4.77. The zero-order valence-electron chi connectivity index (χ0n) is 19.8. The van der Waals surface area contributed by atoms with Crippen LogP contribution in [0.25, 0.3) is 21.9 Å². The number of nitrogens with zero attached hydrogens (tertiary/aromatic N) is 3. The van der Waals surface area contributed by atoms with Crippen molar-refractivity contribution in [2.75, 3.05) is 0 Å². The Bertz CT molecular complexity index is 1760. The van der Waals surface area contributed by atoms with Gasteiger partial charge < -0.3 is 14.2 Å². The van der Waals surface area contributed by atoms with Crippen LogP contribution in [0, 0.1) is 10.1 Å². The van der Waals surface area contributed by atoms with E-state index in [1.807, 2.05) is 0 Å². The second-order valence-corrected chi connectivity index (χ2v) is 10.1. The SMILES string of the molecule is O=[N+]([O-])c1ccc(N=Nc2cc(S(=O)(=O)[O-])cc3cc(S(=O)(=O)[O-])c(-c4ccccc4)c(O)c23)cc1.[Na+].[Na+]. The number of aromatic hydroxyl groups is 1. The van der Waals surface area contributed by atoms with E-state index in [2.05, 4.69) is 10.2 Å². The van der Waals surface area contributed by atoms with Crippen molar-refractivity contribution in [3.63, 3.8) is 0 Å². The first kappa shape index (κ1) is 32.0. The van der Waals surface area contributed by atoms with Gasteiger partial charge in [-0.1, -0.05) is 30.3 Å². The third-order valence-corrected chi connectivity index (χ3v) is 6.76. The minimum Gasteiger partial charge on any atom is -0.744 e. The maximum absolute atomic E-state index is 12.0. The van der Waals surface area contributed by atoms with E-state index < -0.39 is 40.7 Å². The molecular weight excluding hydrogens is 560 g/mol. The quantitative estimate of drug-likeness (QED) is 0.0922. The van der Waals surface area contributed by atoms with Crippen LogP contribution in [-0.4, -0.2) is 36.0 Å². The van der Waals surface area contributed by atoms with Gasteiger partial charge in [0, 0.05) is 17.7 Å². The largest absolute Gasteiger partial charge is 1.00 e. The zero-order chi connectivity index (χ0) is 26.3. The van der Waals surface area contributed by atoms with Gasteiger partial charge in [0.1, 0.15) is 26.0 Å². The standard InChI is InChI=1S/C22H15N3O9S2.2Na/c26-22-20-14(11-19(36(32,33)34)21(22)13-4-2-1-3-5-13)10-17(35(29,30)31)12-18(20)24-23-15-6-8-16(9-7-15)25(27)28;;/h1-12,26H,(H,29,30,31)(H,32,33,34);;/q;2*+1/p-2. The Morgan fingerprint density at radius 3 is 1.92 bits per heavy atom. The number of hydrogen-bond donors (Lipinski definition) is 1. The third kappa shape index (κ3) is 6.84. The smallest absolute Gasteiger partial charge is 0.744 e. The molecule has 0 aromatic heterocycles. The monoisotopic (exact) mass is 573 g/mol. The van der Waals surface area contributed by atoms with Crippen molar-refractivity contribution in [3.8, 4) is 16.9 Å². The van der Waals surface area contributed by atoms with Gasteiger partial charge in [-0.15, -0.1) is 5.11 Å². The second kappa shape index (κ2) is 12.3. The first-order valence-corrected chi connectivity index (χ1v) is 12.6. The number of non-ortho nitro benzene ring substituents is 1. The Balaban J connectivity index is 0.00000253. The maximum atomic E-state index is 12.0. The molecule has 0 atom stereocenters. The molecule has 0 saturated heterocycles. The molecular formula is C22H13N3Na2O9S2. The van der Waals surface area contributed by atoms with Crippen molar-refractivity contribution in [3.05, 3.63) is 82.9 Å². The Kier molecular flexibility index (Phi) is 10.3. The zero-order valence-corrected chi connectivity index (χ0v) is 25.4. The third-order valence-electron chi connectivity index (χ3n) is 5.08. The molecule has 0 spiro atoms. The molecule has 0 aliphatic rings. The number of rotatable bonds is 6. The van der Waals surface area contributed by atoms with E-state index >= 15 is 0 Å². The summed E-state index contributed by atoms with van der Waals surface area (Å²) in [5.41, 5.74) is -0.599. The van der Waals surface area contributed by atoms with Crippen LogP contribution in [0.15, 0.2) is 92.8 Å². The Morgan fingerprint density at radius 1 is 0.789 bits per heavy atom. The number of fused-ring (bicyclic) bond motifs is 1. The van der Waals surface area contributed by atoms with Gasteiger partial charge in [0.05, 0.1) is 31.5 Å². The predicted molar refractivity (Wildman–Crippen MR) is 124 cm³/mol. The Morgan fingerprint density at radius 2 is 1.39 bits per heavy atom. The summed E-state index contributed by atoms with van der Waals surface area (Å²) in [6.07, 6.45) is 0. The topological polar surface area (TPSA) is 202 Å². The van der Waals surface area contributed by atoms with Gasteiger partial charge in [0.15, 0.2) is 0 Å². The molecule has 0 aliphatic carbocycles. The molecule has 0 radical (unpaired) electrons. The number of phenolic OH excluding ortho intramolecular Hbond substituents is 1. The van der Waals surface area contributed by atoms with Crippen LogP contribution in [0.4, 0.5) is 17.1 Å². The molecule has 184 valence electrons. The van der Waals surface area contributed by atoms with E-state index in [4.69, 9.17) is 0 Å². The summed E-state index contributed by atoms with van der Waals surface area (Å²) < 4.78 is 71.3. The number of hydrogen-bond acceptors (Lipinski definition) is 11. The fourth-order valence-electron chi connectivity index (χ4n) is 3.51.